The Morgan fingerprint density at radius 2 is 1.73 bits per heavy atom. The van der Waals surface area contributed by atoms with Crippen molar-refractivity contribution in [2.75, 3.05) is 11.9 Å². The lowest BCUT2D eigenvalue weighted by Gasteiger charge is -2.14. The normalized spacial score (nSPS) is 11.6. The van der Waals surface area contributed by atoms with E-state index in [-0.39, 0.29) is 29.0 Å². The fourth-order valence-corrected chi connectivity index (χ4v) is 2.37. The first-order valence-corrected chi connectivity index (χ1v) is 7.45. The van der Waals surface area contributed by atoms with E-state index in [1.165, 1.54) is 30.6 Å². The number of anilines is 1. The van der Waals surface area contributed by atoms with E-state index in [0.29, 0.717) is 5.56 Å². The van der Waals surface area contributed by atoms with E-state index >= 15 is 0 Å². The summed E-state index contributed by atoms with van der Waals surface area (Å²) in [6.07, 6.45) is -1.90. The first kappa shape index (κ1) is 17.8. The van der Waals surface area contributed by atoms with Gasteiger partial charge in [0.2, 0.25) is 5.88 Å². The van der Waals surface area contributed by atoms with Gasteiger partial charge in [-0.2, -0.15) is 13.2 Å². The van der Waals surface area contributed by atoms with Gasteiger partial charge >= 0.3 is 6.18 Å². The highest BCUT2D eigenvalue weighted by Crippen LogP contribution is 2.28. The Balaban J connectivity index is 1.84. The van der Waals surface area contributed by atoms with E-state index in [4.69, 9.17) is 4.74 Å². The van der Waals surface area contributed by atoms with Crippen LogP contribution < -0.4 is 10.1 Å². The van der Waals surface area contributed by atoms with Crippen LogP contribution in [0.25, 0.3) is 10.9 Å². The number of alkyl halides is 3. The van der Waals surface area contributed by atoms with E-state index in [2.05, 4.69) is 15.3 Å². The predicted molar refractivity (Wildman–Crippen MR) is 84.8 cm³/mol. The molecule has 0 radical (unpaired) electrons. The van der Waals surface area contributed by atoms with Gasteiger partial charge < -0.3 is 10.1 Å². The van der Waals surface area contributed by atoms with Crippen LogP contribution in [0.15, 0.2) is 42.7 Å². The molecule has 1 N–H and O–H groups in total. The molecular formula is C17H12F5N3O. The highest BCUT2D eigenvalue weighted by molar-refractivity contribution is 5.91. The van der Waals surface area contributed by atoms with Crippen LogP contribution in [0, 0.1) is 11.6 Å². The molecule has 0 saturated heterocycles. The standard InChI is InChI=1S/C17H12F5N3O/c18-11-3-4-12(19)15-14(11)13(5-7-23-15)25-8-10-2-1-6-24-16(10)26-9-17(20,21)22/h1-7H,8-9H2,(H,23,25). The topological polar surface area (TPSA) is 47.0 Å². The minimum Gasteiger partial charge on any atom is -0.468 e. The Morgan fingerprint density at radius 3 is 2.50 bits per heavy atom. The lowest BCUT2D eigenvalue weighted by Crippen LogP contribution is -2.20. The second-order valence-electron chi connectivity index (χ2n) is 5.34. The molecule has 0 spiro atoms. The second-order valence-corrected chi connectivity index (χ2v) is 5.34. The Morgan fingerprint density at radius 1 is 0.962 bits per heavy atom. The van der Waals surface area contributed by atoms with Crippen LogP contribution in [0.2, 0.25) is 0 Å². The summed E-state index contributed by atoms with van der Waals surface area (Å²) < 4.78 is 69.5. The third kappa shape index (κ3) is 3.98. The molecule has 0 aliphatic carbocycles. The Labute approximate surface area is 144 Å². The molecule has 26 heavy (non-hydrogen) atoms. The number of ether oxygens (including phenoxy) is 1. The molecule has 0 atom stereocenters. The zero-order valence-electron chi connectivity index (χ0n) is 13.1. The zero-order valence-corrected chi connectivity index (χ0v) is 13.1. The quantitative estimate of drug-likeness (QED) is 0.675. The van der Waals surface area contributed by atoms with Crippen LogP contribution in [0.4, 0.5) is 27.6 Å². The van der Waals surface area contributed by atoms with Crippen LogP contribution in [-0.2, 0) is 6.54 Å². The summed E-state index contributed by atoms with van der Waals surface area (Å²) in [6.45, 7) is -1.48. The van der Waals surface area contributed by atoms with Crippen molar-refractivity contribution in [2.24, 2.45) is 0 Å². The maximum Gasteiger partial charge on any atom is 0.422 e. The number of fused-ring (bicyclic) bond motifs is 1. The first-order chi connectivity index (χ1) is 12.3. The fourth-order valence-electron chi connectivity index (χ4n) is 2.37. The number of pyridine rings is 2. The number of rotatable bonds is 5. The van der Waals surface area contributed by atoms with Crippen molar-refractivity contribution in [3.8, 4) is 5.88 Å². The molecule has 0 aliphatic rings. The fraction of sp³-hybridized carbons (Fsp3) is 0.176. The van der Waals surface area contributed by atoms with Crippen molar-refractivity contribution in [3.63, 3.8) is 0 Å². The molecule has 1 aromatic carbocycles. The summed E-state index contributed by atoms with van der Waals surface area (Å²) in [4.78, 5) is 7.59. The number of nitrogens with zero attached hydrogens (tertiary/aromatic N) is 2. The van der Waals surface area contributed by atoms with Crippen molar-refractivity contribution >= 4 is 16.6 Å². The van der Waals surface area contributed by atoms with Crippen molar-refractivity contribution in [2.45, 2.75) is 12.7 Å². The molecule has 0 amide bonds. The number of halogens is 5. The maximum absolute atomic E-state index is 14.1. The summed E-state index contributed by atoms with van der Waals surface area (Å²) in [5.74, 6) is -1.54. The van der Waals surface area contributed by atoms with Gasteiger partial charge in [-0.1, -0.05) is 6.07 Å². The Kier molecular flexibility index (Phi) is 4.88. The monoisotopic (exact) mass is 369 g/mol. The maximum atomic E-state index is 14.1. The highest BCUT2D eigenvalue weighted by atomic mass is 19.4. The van der Waals surface area contributed by atoms with Crippen LogP contribution in [0.1, 0.15) is 5.56 Å². The largest absolute Gasteiger partial charge is 0.468 e. The van der Waals surface area contributed by atoms with E-state index in [1.807, 2.05) is 0 Å². The minimum atomic E-state index is -4.50. The highest BCUT2D eigenvalue weighted by Gasteiger charge is 2.29. The summed E-state index contributed by atoms with van der Waals surface area (Å²) in [5, 5.41) is 2.81. The molecule has 9 heteroatoms. The van der Waals surface area contributed by atoms with E-state index in [1.54, 1.807) is 0 Å². The number of nitrogens with one attached hydrogen (secondary N) is 1. The second kappa shape index (κ2) is 7.11. The molecule has 2 aromatic heterocycles. The van der Waals surface area contributed by atoms with Crippen LogP contribution >= 0.6 is 0 Å². The molecule has 136 valence electrons. The summed E-state index contributed by atoms with van der Waals surface area (Å²) in [7, 11) is 0. The summed E-state index contributed by atoms with van der Waals surface area (Å²) >= 11 is 0. The van der Waals surface area contributed by atoms with Gasteiger partial charge in [-0.3, -0.25) is 4.98 Å². The van der Waals surface area contributed by atoms with Crippen LogP contribution in [0.5, 0.6) is 5.88 Å². The van der Waals surface area contributed by atoms with Gasteiger partial charge in [0.15, 0.2) is 6.61 Å². The van der Waals surface area contributed by atoms with Gasteiger partial charge in [-0.05, 0) is 24.3 Å². The number of aromatic nitrogens is 2. The predicted octanol–water partition coefficient (Wildman–Crippen LogP) is 4.46. The van der Waals surface area contributed by atoms with Crippen molar-refractivity contribution in [3.05, 3.63) is 59.9 Å². The lowest BCUT2D eigenvalue weighted by atomic mass is 10.1. The molecular weight excluding hydrogens is 357 g/mol. The van der Waals surface area contributed by atoms with E-state index < -0.39 is 24.4 Å². The smallest absolute Gasteiger partial charge is 0.422 e. The molecule has 0 unspecified atom stereocenters. The molecule has 0 saturated carbocycles. The van der Waals surface area contributed by atoms with Gasteiger partial charge in [0.05, 0.1) is 5.39 Å². The van der Waals surface area contributed by atoms with Crippen LogP contribution in [-0.4, -0.2) is 22.8 Å². The van der Waals surface area contributed by atoms with Crippen LogP contribution in [0.3, 0.4) is 0 Å². The molecule has 0 fully saturated rings. The number of hydrogen-bond acceptors (Lipinski definition) is 4. The Hall–Kier alpha value is -2.97. The van der Waals surface area contributed by atoms with Gasteiger partial charge in [0.25, 0.3) is 0 Å². The lowest BCUT2D eigenvalue weighted by molar-refractivity contribution is -0.154. The minimum absolute atomic E-state index is 0.00387. The average Bonchev–Trinajstić information content (AvgIpc) is 2.61. The molecule has 4 nitrogen and oxygen atoms in total. The molecule has 0 aliphatic heterocycles. The number of benzene rings is 1. The molecule has 0 bridgehead atoms. The van der Waals surface area contributed by atoms with Gasteiger partial charge in [0.1, 0.15) is 17.2 Å². The van der Waals surface area contributed by atoms with E-state index in [0.717, 1.165) is 12.1 Å². The average molecular weight is 369 g/mol. The Bertz CT molecular complexity index is 930. The van der Waals surface area contributed by atoms with Gasteiger partial charge in [-0.15, -0.1) is 0 Å². The number of hydrogen-bond donors (Lipinski definition) is 1. The molecule has 2 heterocycles. The third-order valence-electron chi connectivity index (χ3n) is 3.48. The molecule has 3 aromatic rings. The van der Waals surface area contributed by atoms with Gasteiger partial charge in [0, 0.05) is 30.2 Å². The zero-order chi connectivity index (χ0) is 18.7. The van der Waals surface area contributed by atoms with Crippen molar-refractivity contribution in [1.82, 2.24) is 9.97 Å². The third-order valence-corrected chi connectivity index (χ3v) is 3.48. The summed E-state index contributed by atoms with van der Waals surface area (Å²) in [5.41, 5.74) is 0.436. The van der Waals surface area contributed by atoms with Gasteiger partial charge in [-0.25, -0.2) is 13.8 Å². The van der Waals surface area contributed by atoms with Crippen molar-refractivity contribution in [1.29, 1.82) is 0 Å². The SMILES string of the molecule is Fc1ccc(F)c2c(NCc3cccnc3OCC(F)(F)F)ccnc12. The molecule has 3 rings (SSSR count). The van der Waals surface area contributed by atoms with Crippen molar-refractivity contribution < 1.29 is 26.7 Å². The first-order valence-electron chi connectivity index (χ1n) is 7.45. The summed E-state index contributed by atoms with van der Waals surface area (Å²) in [6, 6.07) is 6.44. The van der Waals surface area contributed by atoms with E-state index in [9.17, 15) is 22.0 Å².